The maximum Gasteiger partial charge on any atom is 0.129 e. The second kappa shape index (κ2) is 5.97. The predicted octanol–water partition coefficient (Wildman–Crippen LogP) is 3.02. The number of nitrogens with zero attached hydrogens (tertiary/aromatic N) is 1. The molecular formula is C15H21NO. The minimum atomic E-state index is 0.306. The minimum absolute atomic E-state index is 0.306. The number of ketones is 1. The van der Waals surface area contributed by atoms with Crippen LogP contribution >= 0.6 is 0 Å². The fourth-order valence-corrected chi connectivity index (χ4v) is 2.18. The fourth-order valence-electron chi connectivity index (χ4n) is 2.18. The first-order chi connectivity index (χ1) is 8.25. The molecule has 1 aromatic carbocycles. The molecule has 0 radical (unpaired) electrons. The van der Waals surface area contributed by atoms with Crippen LogP contribution in [0.3, 0.4) is 0 Å². The van der Waals surface area contributed by atoms with Crippen LogP contribution in [0.15, 0.2) is 30.3 Å². The van der Waals surface area contributed by atoms with E-state index in [1.807, 2.05) is 0 Å². The van der Waals surface area contributed by atoms with Crippen molar-refractivity contribution in [3.63, 3.8) is 0 Å². The van der Waals surface area contributed by atoms with Gasteiger partial charge < -0.3 is 4.79 Å². The average Bonchev–Trinajstić information content (AvgIpc) is 3.12. The smallest absolute Gasteiger partial charge is 0.129 e. The van der Waals surface area contributed by atoms with Crippen molar-refractivity contribution in [2.24, 2.45) is 0 Å². The molecule has 2 nitrogen and oxygen atoms in total. The Morgan fingerprint density at radius 2 is 2.00 bits per heavy atom. The van der Waals surface area contributed by atoms with Crippen LogP contribution in [-0.4, -0.2) is 23.3 Å². The third-order valence-electron chi connectivity index (χ3n) is 3.27. The van der Waals surface area contributed by atoms with Crippen LogP contribution in [0.1, 0.15) is 38.2 Å². The Morgan fingerprint density at radius 3 is 2.59 bits per heavy atom. The lowest BCUT2D eigenvalue weighted by atomic mass is 10.2. The molecule has 0 spiro atoms. The Kier molecular flexibility index (Phi) is 4.32. The Balaban J connectivity index is 1.83. The molecule has 1 aliphatic rings. The van der Waals surface area contributed by atoms with Gasteiger partial charge in [0, 0.05) is 19.0 Å². The summed E-state index contributed by atoms with van der Waals surface area (Å²) in [5.41, 5.74) is 1.38. The quantitative estimate of drug-likeness (QED) is 0.719. The minimum Gasteiger partial charge on any atom is -0.300 e. The largest absolute Gasteiger partial charge is 0.300 e. The summed E-state index contributed by atoms with van der Waals surface area (Å²) in [4.78, 5) is 13.5. The van der Waals surface area contributed by atoms with Gasteiger partial charge in [-0.25, -0.2) is 0 Å². The third-order valence-corrected chi connectivity index (χ3v) is 3.27. The van der Waals surface area contributed by atoms with Gasteiger partial charge in [-0.3, -0.25) is 4.90 Å². The molecule has 0 saturated heterocycles. The zero-order valence-electron chi connectivity index (χ0n) is 10.6. The van der Waals surface area contributed by atoms with E-state index >= 15 is 0 Å². The summed E-state index contributed by atoms with van der Waals surface area (Å²) in [5.74, 6) is 0.306. The van der Waals surface area contributed by atoms with Gasteiger partial charge in [0.1, 0.15) is 5.78 Å². The standard InChI is InChI=1S/C15H21NO/c1-13(17)6-5-11-16(15-9-10-15)12-14-7-3-2-4-8-14/h2-4,7-8,15H,5-6,9-12H2,1H3. The van der Waals surface area contributed by atoms with Crippen LogP contribution in [0.5, 0.6) is 0 Å². The molecule has 92 valence electrons. The van der Waals surface area contributed by atoms with E-state index in [0.717, 1.165) is 32.0 Å². The highest BCUT2D eigenvalue weighted by Crippen LogP contribution is 2.28. The molecule has 0 unspecified atom stereocenters. The van der Waals surface area contributed by atoms with Crippen LogP contribution in [-0.2, 0) is 11.3 Å². The Labute approximate surface area is 104 Å². The van der Waals surface area contributed by atoms with Crippen molar-refractivity contribution in [2.45, 2.75) is 45.2 Å². The van der Waals surface area contributed by atoms with Crippen LogP contribution in [0.25, 0.3) is 0 Å². The van der Waals surface area contributed by atoms with E-state index in [9.17, 15) is 4.79 Å². The van der Waals surface area contributed by atoms with E-state index < -0.39 is 0 Å². The summed E-state index contributed by atoms with van der Waals surface area (Å²) < 4.78 is 0. The molecule has 0 amide bonds. The van der Waals surface area contributed by atoms with Gasteiger partial charge in [-0.15, -0.1) is 0 Å². The summed E-state index contributed by atoms with van der Waals surface area (Å²) >= 11 is 0. The van der Waals surface area contributed by atoms with Gasteiger partial charge in [0.2, 0.25) is 0 Å². The second-order valence-electron chi connectivity index (χ2n) is 4.99. The van der Waals surface area contributed by atoms with E-state index in [4.69, 9.17) is 0 Å². The molecule has 0 aliphatic heterocycles. The maximum absolute atomic E-state index is 11.0. The summed E-state index contributed by atoms with van der Waals surface area (Å²) in [6.45, 7) is 3.77. The first kappa shape index (κ1) is 12.3. The van der Waals surface area contributed by atoms with Crippen molar-refractivity contribution in [1.82, 2.24) is 4.90 Å². The summed E-state index contributed by atoms with van der Waals surface area (Å²) in [6.07, 6.45) is 4.37. The van der Waals surface area contributed by atoms with Crippen LogP contribution < -0.4 is 0 Å². The molecule has 1 fully saturated rings. The number of benzene rings is 1. The van der Waals surface area contributed by atoms with Gasteiger partial charge >= 0.3 is 0 Å². The second-order valence-corrected chi connectivity index (χ2v) is 4.99. The van der Waals surface area contributed by atoms with Crippen molar-refractivity contribution in [3.8, 4) is 0 Å². The monoisotopic (exact) mass is 231 g/mol. The molecule has 1 aromatic rings. The Bertz CT molecular complexity index is 356. The van der Waals surface area contributed by atoms with Crippen molar-refractivity contribution < 1.29 is 4.79 Å². The first-order valence-corrected chi connectivity index (χ1v) is 6.53. The van der Waals surface area contributed by atoms with E-state index in [1.165, 1.54) is 18.4 Å². The number of hydrogen-bond acceptors (Lipinski definition) is 2. The van der Waals surface area contributed by atoms with Crippen molar-refractivity contribution in [2.75, 3.05) is 6.54 Å². The highest BCUT2D eigenvalue weighted by molar-refractivity contribution is 5.75. The van der Waals surface area contributed by atoms with Crippen molar-refractivity contribution in [1.29, 1.82) is 0 Å². The molecule has 2 rings (SSSR count). The highest BCUT2D eigenvalue weighted by Gasteiger charge is 2.28. The Morgan fingerprint density at radius 1 is 1.29 bits per heavy atom. The molecular weight excluding hydrogens is 210 g/mol. The van der Waals surface area contributed by atoms with Gasteiger partial charge in [0.05, 0.1) is 0 Å². The fraction of sp³-hybridized carbons (Fsp3) is 0.533. The van der Waals surface area contributed by atoms with Crippen LogP contribution in [0.4, 0.5) is 0 Å². The van der Waals surface area contributed by atoms with Gasteiger partial charge in [0.25, 0.3) is 0 Å². The van der Waals surface area contributed by atoms with Gasteiger partial charge in [0.15, 0.2) is 0 Å². The summed E-state index contributed by atoms with van der Waals surface area (Å²) in [6, 6.07) is 11.4. The van der Waals surface area contributed by atoms with E-state index in [1.54, 1.807) is 6.92 Å². The number of carbonyl (C=O) groups is 1. The number of Topliss-reactive ketones (excluding diaryl/α,β-unsaturated/α-hetero) is 1. The zero-order valence-corrected chi connectivity index (χ0v) is 10.6. The topological polar surface area (TPSA) is 20.3 Å². The van der Waals surface area contributed by atoms with Gasteiger partial charge in [-0.2, -0.15) is 0 Å². The number of rotatable bonds is 7. The summed E-state index contributed by atoms with van der Waals surface area (Å²) in [7, 11) is 0. The Hall–Kier alpha value is -1.15. The number of hydrogen-bond donors (Lipinski definition) is 0. The van der Waals surface area contributed by atoms with Crippen LogP contribution in [0, 0.1) is 0 Å². The lowest BCUT2D eigenvalue weighted by Crippen LogP contribution is -2.27. The molecule has 0 heterocycles. The van der Waals surface area contributed by atoms with Crippen LogP contribution in [0.2, 0.25) is 0 Å². The van der Waals surface area contributed by atoms with Crippen molar-refractivity contribution in [3.05, 3.63) is 35.9 Å². The van der Waals surface area contributed by atoms with E-state index in [2.05, 4.69) is 35.2 Å². The van der Waals surface area contributed by atoms with Gasteiger partial charge in [-0.1, -0.05) is 30.3 Å². The molecule has 1 saturated carbocycles. The molecule has 0 atom stereocenters. The molecule has 0 aromatic heterocycles. The molecule has 0 N–H and O–H groups in total. The zero-order chi connectivity index (χ0) is 12.1. The third kappa shape index (κ3) is 4.31. The molecule has 17 heavy (non-hydrogen) atoms. The summed E-state index contributed by atoms with van der Waals surface area (Å²) in [5, 5.41) is 0. The predicted molar refractivity (Wildman–Crippen MR) is 69.8 cm³/mol. The van der Waals surface area contributed by atoms with Gasteiger partial charge in [-0.05, 0) is 38.3 Å². The molecule has 2 heteroatoms. The average molecular weight is 231 g/mol. The van der Waals surface area contributed by atoms with E-state index in [-0.39, 0.29) is 0 Å². The lowest BCUT2D eigenvalue weighted by Gasteiger charge is -2.21. The van der Waals surface area contributed by atoms with Crippen molar-refractivity contribution >= 4 is 5.78 Å². The lowest BCUT2D eigenvalue weighted by molar-refractivity contribution is -0.117. The molecule has 1 aliphatic carbocycles. The van der Waals surface area contributed by atoms with E-state index in [0.29, 0.717) is 5.78 Å². The first-order valence-electron chi connectivity index (χ1n) is 6.53. The highest BCUT2D eigenvalue weighted by atomic mass is 16.1. The normalized spacial score (nSPS) is 15.2. The number of carbonyl (C=O) groups excluding carboxylic acids is 1. The SMILES string of the molecule is CC(=O)CCCN(Cc1ccccc1)C1CC1. The molecule has 0 bridgehead atoms. The maximum atomic E-state index is 11.0.